The predicted octanol–water partition coefficient (Wildman–Crippen LogP) is 7.23. The van der Waals surface area contributed by atoms with Gasteiger partial charge in [-0.25, -0.2) is 4.98 Å². The van der Waals surface area contributed by atoms with Crippen molar-refractivity contribution in [3.8, 4) is 23.0 Å². The van der Waals surface area contributed by atoms with Crippen molar-refractivity contribution in [3.05, 3.63) is 113 Å². The molecular formula is C37H32N2O7S. The molecule has 47 heavy (non-hydrogen) atoms. The molecule has 1 N–H and O–H groups in total. The number of carbonyl (C=O) groups is 2. The molecule has 1 fully saturated rings. The van der Waals surface area contributed by atoms with E-state index in [0.29, 0.717) is 58.7 Å². The van der Waals surface area contributed by atoms with Crippen LogP contribution in [-0.2, 0) is 22.6 Å². The molecule has 1 aromatic heterocycles. The molecule has 4 aromatic carbocycles. The summed E-state index contributed by atoms with van der Waals surface area (Å²) < 4.78 is 24.2. The van der Waals surface area contributed by atoms with Crippen molar-refractivity contribution in [2.24, 2.45) is 0 Å². The van der Waals surface area contributed by atoms with Gasteiger partial charge in [0.25, 0.3) is 5.78 Å². The fourth-order valence-electron chi connectivity index (χ4n) is 6.01. The van der Waals surface area contributed by atoms with Gasteiger partial charge in [0, 0.05) is 12.0 Å². The van der Waals surface area contributed by atoms with Crippen LogP contribution in [0.3, 0.4) is 0 Å². The van der Waals surface area contributed by atoms with Crippen LogP contribution in [0.25, 0.3) is 16.0 Å². The van der Waals surface area contributed by atoms with E-state index in [9.17, 15) is 14.7 Å². The van der Waals surface area contributed by atoms with Crippen molar-refractivity contribution in [2.45, 2.75) is 39.0 Å². The average Bonchev–Trinajstić information content (AvgIpc) is 3.75. The highest BCUT2D eigenvalue weighted by molar-refractivity contribution is 7.22. The highest BCUT2D eigenvalue weighted by atomic mass is 32.1. The number of hydrogen-bond donors (Lipinski definition) is 1. The third kappa shape index (κ3) is 5.65. The molecule has 0 saturated carbocycles. The third-order valence-corrected chi connectivity index (χ3v) is 9.24. The Kier molecular flexibility index (Phi) is 8.03. The average molecular weight is 649 g/mol. The molecule has 0 aliphatic carbocycles. The lowest BCUT2D eigenvalue weighted by atomic mass is 9.94. The summed E-state index contributed by atoms with van der Waals surface area (Å²) in [5.74, 6) is 0.473. The zero-order chi connectivity index (χ0) is 32.7. The maximum absolute atomic E-state index is 13.9. The van der Waals surface area contributed by atoms with Crippen LogP contribution in [0, 0.1) is 0 Å². The van der Waals surface area contributed by atoms with E-state index in [1.54, 1.807) is 49.6 Å². The number of methoxy groups -OCH3 is 1. The molecule has 0 spiro atoms. The molecular weight excluding hydrogens is 616 g/mol. The van der Waals surface area contributed by atoms with E-state index in [0.717, 1.165) is 21.6 Å². The van der Waals surface area contributed by atoms with Crippen molar-refractivity contribution in [1.82, 2.24) is 4.98 Å². The summed E-state index contributed by atoms with van der Waals surface area (Å²) in [5.41, 5.74) is 3.50. The summed E-state index contributed by atoms with van der Waals surface area (Å²) in [6.07, 6.45) is 0.677. The van der Waals surface area contributed by atoms with E-state index in [-0.39, 0.29) is 17.4 Å². The van der Waals surface area contributed by atoms with Gasteiger partial charge < -0.3 is 24.1 Å². The van der Waals surface area contributed by atoms with Gasteiger partial charge >= 0.3 is 5.91 Å². The Labute approximate surface area is 275 Å². The van der Waals surface area contributed by atoms with Crippen molar-refractivity contribution < 1.29 is 33.6 Å². The summed E-state index contributed by atoms with van der Waals surface area (Å²) in [4.78, 5) is 33.9. The smallest absolute Gasteiger partial charge is 0.301 e. The van der Waals surface area contributed by atoms with Gasteiger partial charge in [-0.3, -0.25) is 14.5 Å². The first-order valence-electron chi connectivity index (χ1n) is 15.3. The molecule has 9 nitrogen and oxygen atoms in total. The first-order valence-corrected chi connectivity index (χ1v) is 16.1. The van der Waals surface area contributed by atoms with Gasteiger partial charge in [0.15, 0.2) is 16.6 Å². The summed E-state index contributed by atoms with van der Waals surface area (Å²) >= 11 is 1.26. The molecule has 0 unspecified atom stereocenters. The predicted molar refractivity (Wildman–Crippen MR) is 180 cm³/mol. The Morgan fingerprint density at radius 3 is 2.62 bits per heavy atom. The largest absolute Gasteiger partial charge is 0.507 e. The van der Waals surface area contributed by atoms with Gasteiger partial charge in [0.1, 0.15) is 30.0 Å². The van der Waals surface area contributed by atoms with Crippen molar-refractivity contribution >= 4 is 44.1 Å². The van der Waals surface area contributed by atoms with E-state index >= 15 is 0 Å². The fourth-order valence-corrected chi connectivity index (χ4v) is 7.03. The van der Waals surface area contributed by atoms with Gasteiger partial charge in [0.05, 0.1) is 35.5 Å². The number of anilines is 1. The number of aliphatic hydroxyl groups excluding tert-OH is 1. The van der Waals surface area contributed by atoms with E-state index in [1.807, 2.05) is 56.3 Å². The molecule has 10 heteroatoms. The zero-order valence-corrected chi connectivity index (χ0v) is 26.9. The molecule has 7 rings (SSSR count). The number of Topliss-reactive ketones (excluding diaryl/α,β-unsaturated/α-hetero) is 1. The Bertz CT molecular complexity index is 2040. The molecule has 2 aliphatic rings. The number of hydrogen-bond acceptors (Lipinski definition) is 9. The summed E-state index contributed by atoms with van der Waals surface area (Å²) in [5, 5.41) is 12.1. The SMILES string of the molecule is CCOc1cc([C@@H]2C(=C(O)c3ccc4c(c3)C[C@H](C)O4)C(=O)C(=O)N2c2nc3ccc(OC)cc3s2)ccc1OCc1ccccc1. The molecule has 5 aromatic rings. The van der Waals surface area contributed by atoms with Gasteiger partial charge in [-0.15, -0.1) is 0 Å². The highest BCUT2D eigenvalue weighted by Gasteiger charge is 2.48. The number of aliphatic hydroxyl groups is 1. The van der Waals surface area contributed by atoms with E-state index in [1.165, 1.54) is 16.2 Å². The second kappa shape index (κ2) is 12.4. The maximum Gasteiger partial charge on any atom is 0.301 e. The van der Waals surface area contributed by atoms with Crippen LogP contribution in [0.15, 0.2) is 90.5 Å². The number of ether oxygens (including phenoxy) is 4. The molecule has 0 radical (unpaired) electrons. The normalized spacial score (nSPS) is 18.3. The van der Waals surface area contributed by atoms with E-state index < -0.39 is 17.7 Å². The minimum absolute atomic E-state index is 0.00486. The van der Waals surface area contributed by atoms with Crippen LogP contribution in [-0.4, -0.2) is 41.6 Å². The molecule has 1 amide bonds. The fraction of sp³-hybridized carbons (Fsp3) is 0.216. The maximum atomic E-state index is 13.9. The Morgan fingerprint density at radius 2 is 1.83 bits per heavy atom. The van der Waals surface area contributed by atoms with Crippen molar-refractivity contribution in [1.29, 1.82) is 0 Å². The number of aromatic nitrogens is 1. The lowest BCUT2D eigenvalue weighted by molar-refractivity contribution is -0.132. The van der Waals surface area contributed by atoms with Crippen LogP contribution in [0.1, 0.15) is 42.1 Å². The van der Waals surface area contributed by atoms with Crippen LogP contribution in [0.4, 0.5) is 5.13 Å². The number of carbonyl (C=O) groups excluding carboxylic acids is 2. The topological polar surface area (TPSA) is 107 Å². The minimum Gasteiger partial charge on any atom is -0.507 e. The lowest BCUT2D eigenvalue weighted by Gasteiger charge is -2.24. The molecule has 1 saturated heterocycles. The van der Waals surface area contributed by atoms with Crippen LogP contribution in [0.5, 0.6) is 23.0 Å². The summed E-state index contributed by atoms with van der Waals surface area (Å²) in [6, 6.07) is 24.8. The Morgan fingerprint density at radius 1 is 1.00 bits per heavy atom. The molecule has 2 atom stereocenters. The van der Waals surface area contributed by atoms with E-state index in [2.05, 4.69) is 0 Å². The summed E-state index contributed by atoms with van der Waals surface area (Å²) in [6.45, 7) is 4.53. The standard InChI is InChI=1S/C37H32N2O7S/c1-4-44-30-18-23(10-15-29(30)45-20-22-8-6-5-7-9-22)33-32(34(40)24-11-14-28-25(17-24)16-21(2)46-28)35(41)36(42)39(33)37-38-27-13-12-26(43-3)19-31(27)47-37/h5-15,17-19,21,33,40H,4,16,20H2,1-3H3/t21-,33+/m0/s1. The summed E-state index contributed by atoms with van der Waals surface area (Å²) in [7, 11) is 1.58. The number of nitrogens with zero attached hydrogens (tertiary/aromatic N) is 2. The van der Waals surface area contributed by atoms with Crippen LogP contribution >= 0.6 is 11.3 Å². The van der Waals surface area contributed by atoms with Crippen LogP contribution in [0.2, 0.25) is 0 Å². The zero-order valence-electron chi connectivity index (χ0n) is 26.1. The number of rotatable bonds is 9. The Hall–Kier alpha value is -5.35. The minimum atomic E-state index is -0.997. The number of ketones is 1. The van der Waals surface area contributed by atoms with Gasteiger partial charge in [0.2, 0.25) is 0 Å². The molecule has 2 aliphatic heterocycles. The number of benzene rings is 4. The second-order valence-corrected chi connectivity index (χ2v) is 12.4. The quantitative estimate of drug-likeness (QED) is 0.101. The van der Waals surface area contributed by atoms with E-state index in [4.69, 9.17) is 23.9 Å². The molecule has 0 bridgehead atoms. The van der Waals surface area contributed by atoms with Gasteiger partial charge in [-0.2, -0.15) is 0 Å². The molecule has 238 valence electrons. The van der Waals surface area contributed by atoms with Gasteiger partial charge in [-0.05, 0) is 79.1 Å². The number of amides is 1. The lowest BCUT2D eigenvalue weighted by Crippen LogP contribution is -2.29. The number of thiazole rings is 1. The van der Waals surface area contributed by atoms with Crippen LogP contribution < -0.4 is 23.8 Å². The monoisotopic (exact) mass is 648 g/mol. The first kappa shape index (κ1) is 30.3. The Balaban J connectivity index is 1.36. The number of fused-ring (bicyclic) bond motifs is 2. The molecule has 3 heterocycles. The first-order chi connectivity index (χ1) is 22.8. The second-order valence-electron chi connectivity index (χ2n) is 11.4. The van der Waals surface area contributed by atoms with Crippen molar-refractivity contribution in [3.63, 3.8) is 0 Å². The van der Waals surface area contributed by atoms with Gasteiger partial charge in [-0.1, -0.05) is 47.7 Å². The highest BCUT2D eigenvalue weighted by Crippen LogP contribution is 2.46. The third-order valence-electron chi connectivity index (χ3n) is 8.22. The van der Waals surface area contributed by atoms with Crippen molar-refractivity contribution in [2.75, 3.05) is 18.6 Å².